The zero-order chi connectivity index (χ0) is 23.5. The quantitative estimate of drug-likeness (QED) is 0.363. The predicted octanol–water partition coefficient (Wildman–Crippen LogP) is 6.35. The molecule has 3 nitrogen and oxygen atoms in total. The standard InChI is InChI=1S/C21H22Cl2F6N2O/c22-14-1-2-15(16(23)6-14)17(32)31-19(20(24,25)26,21(27,28)29)30-10-18-7-11-3-12(8-18)5-13(4-11)9-18/h1-2,6,11-13,30H,3-5,7-10H2,(H,31,32). The second kappa shape index (κ2) is 7.94. The summed E-state index contributed by atoms with van der Waals surface area (Å²) in [5.41, 5.74) is -5.77. The van der Waals surface area contributed by atoms with Gasteiger partial charge in [-0.2, -0.15) is 26.3 Å². The Balaban J connectivity index is 1.63. The molecule has 0 aromatic heterocycles. The van der Waals surface area contributed by atoms with Gasteiger partial charge in [-0.15, -0.1) is 0 Å². The summed E-state index contributed by atoms with van der Waals surface area (Å²) in [5.74, 6) is -0.565. The lowest BCUT2D eigenvalue weighted by Crippen LogP contribution is -2.76. The zero-order valence-corrected chi connectivity index (χ0v) is 18.4. The first-order valence-electron chi connectivity index (χ1n) is 10.4. The van der Waals surface area contributed by atoms with Crippen molar-refractivity contribution in [3.8, 4) is 0 Å². The van der Waals surface area contributed by atoms with Gasteiger partial charge in [0, 0.05) is 11.6 Å². The molecule has 4 bridgehead atoms. The monoisotopic (exact) mass is 502 g/mol. The summed E-state index contributed by atoms with van der Waals surface area (Å²) < 4.78 is 84.1. The third kappa shape index (κ3) is 4.20. The summed E-state index contributed by atoms with van der Waals surface area (Å²) in [7, 11) is 0. The van der Waals surface area contributed by atoms with E-state index in [0.29, 0.717) is 37.0 Å². The Hall–Kier alpha value is -1.19. The van der Waals surface area contributed by atoms with E-state index in [4.69, 9.17) is 23.2 Å². The Morgan fingerprint density at radius 2 is 1.44 bits per heavy atom. The third-order valence-electron chi connectivity index (χ3n) is 7.22. The van der Waals surface area contributed by atoms with Crippen molar-refractivity contribution >= 4 is 29.1 Å². The van der Waals surface area contributed by atoms with Crippen molar-refractivity contribution in [2.45, 2.75) is 56.5 Å². The summed E-state index contributed by atoms with van der Waals surface area (Å²) in [6.07, 6.45) is -6.89. The highest BCUT2D eigenvalue weighted by molar-refractivity contribution is 6.36. The summed E-state index contributed by atoms with van der Waals surface area (Å²) >= 11 is 11.6. The lowest BCUT2D eigenvalue weighted by Gasteiger charge is -2.57. The van der Waals surface area contributed by atoms with Gasteiger partial charge in [-0.1, -0.05) is 23.2 Å². The van der Waals surface area contributed by atoms with Crippen molar-refractivity contribution in [1.82, 2.24) is 10.6 Å². The van der Waals surface area contributed by atoms with Crippen LogP contribution in [0, 0.1) is 23.2 Å². The lowest BCUT2D eigenvalue weighted by atomic mass is 9.49. The molecule has 0 spiro atoms. The van der Waals surface area contributed by atoms with E-state index < -0.39 is 41.4 Å². The van der Waals surface area contributed by atoms with E-state index in [9.17, 15) is 31.1 Å². The minimum absolute atomic E-state index is 0.0874. The normalized spacial score (nSPS) is 29.9. The van der Waals surface area contributed by atoms with E-state index in [1.54, 1.807) is 5.32 Å². The molecule has 178 valence electrons. The van der Waals surface area contributed by atoms with Crippen LogP contribution in [0.15, 0.2) is 18.2 Å². The van der Waals surface area contributed by atoms with Crippen LogP contribution in [0.25, 0.3) is 0 Å². The van der Waals surface area contributed by atoms with Gasteiger partial charge in [0.2, 0.25) is 0 Å². The summed E-state index contributed by atoms with van der Waals surface area (Å²) in [6.45, 7) is -0.482. The average molecular weight is 503 g/mol. The van der Waals surface area contributed by atoms with Crippen LogP contribution in [0.2, 0.25) is 10.0 Å². The van der Waals surface area contributed by atoms with E-state index in [-0.39, 0.29) is 10.0 Å². The van der Waals surface area contributed by atoms with Crippen molar-refractivity contribution in [1.29, 1.82) is 0 Å². The summed E-state index contributed by atoms with van der Waals surface area (Å²) in [5, 5.41) is 2.68. The number of halogens is 8. The van der Waals surface area contributed by atoms with Crippen LogP contribution in [-0.2, 0) is 0 Å². The van der Waals surface area contributed by atoms with E-state index in [2.05, 4.69) is 0 Å². The Labute approximate surface area is 191 Å². The molecule has 0 aliphatic heterocycles. The molecule has 0 atom stereocenters. The number of hydrogen-bond donors (Lipinski definition) is 2. The van der Waals surface area contributed by atoms with E-state index in [1.165, 1.54) is 5.32 Å². The topological polar surface area (TPSA) is 41.1 Å². The molecule has 0 radical (unpaired) electrons. The minimum atomic E-state index is -5.85. The lowest BCUT2D eigenvalue weighted by molar-refractivity contribution is -0.316. The average Bonchev–Trinajstić information content (AvgIpc) is 2.61. The molecular weight excluding hydrogens is 481 g/mol. The number of carbonyl (C=O) groups excluding carboxylic acids is 1. The first-order chi connectivity index (χ1) is 14.7. The maximum atomic E-state index is 14.0. The third-order valence-corrected chi connectivity index (χ3v) is 7.77. The van der Waals surface area contributed by atoms with Crippen molar-refractivity contribution in [3.63, 3.8) is 0 Å². The van der Waals surface area contributed by atoms with Crippen molar-refractivity contribution in [2.24, 2.45) is 23.2 Å². The molecule has 32 heavy (non-hydrogen) atoms. The van der Waals surface area contributed by atoms with Crippen LogP contribution < -0.4 is 10.6 Å². The first-order valence-corrected chi connectivity index (χ1v) is 11.2. The van der Waals surface area contributed by atoms with E-state index >= 15 is 0 Å². The van der Waals surface area contributed by atoms with E-state index in [0.717, 1.165) is 37.5 Å². The van der Waals surface area contributed by atoms with Gasteiger partial charge in [-0.25, -0.2) is 0 Å². The van der Waals surface area contributed by atoms with Gasteiger partial charge in [0.1, 0.15) is 0 Å². The summed E-state index contributed by atoms with van der Waals surface area (Å²) in [6, 6.07) is 3.22. The maximum Gasteiger partial charge on any atom is 0.434 e. The molecule has 1 aromatic carbocycles. The van der Waals surface area contributed by atoms with E-state index in [1.807, 2.05) is 0 Å². The largest absolute Gasteiger partial charge is 0.434 e. The molecule has 0 heterocycles. The molecule has 0 saturated heterocycles. The van der Waals surface area contributed by atoms with Gasteiger partial charge >= 0.3 is 12.4 Å². The first kappa shape index (κ1) is 24.0. The zero-order valence-electron chi connectivity index (χ0n) is 16.8. The van der Waals surface area contributed by atoms with Gasteiger partial charge in [-0.05, 0) is 79.9 Å². The highest BCUT2D eigenvalue weighted by atomic mass is 35.5. The van der Waals surface area contributed by atoms with Gasteiger partial charge < -0.3 is 5.32 Å². The molecule has 0 unspecified atom stereocenters. The second-order valence-corrected chi connectivity index (χ2v) is 10.4. The highest BCUT2D eigenvalue weighted by Crippen LogP contribution is 2.60. The molecule has 4 saturated carbocycles. The fraction of sp³-hybridized carbons (Fsp3) is 0.667. The molecular formula is C21H22Cl2F6N2O. The Kier molecular flexibility index (Phi) is 5.95. The second-order valence-electron chi connectivity index (χ2n) is 9.59. The van der Waals surface area contributed by atoms with Crippen LogP contribution >= 0.6 is 23.2 Å². The highest BCUT2D eigenvalue weighted by Gasteiger charge is 2.72. The fourth-order valence-corrected chi connectivity index (χ4v) is 6.78. The molecule has 2 N–H and O–H groups in total. The van der Waals surface area contributed by atoms with Gasteiger partial charge in [0.15, 0.2) is 0 Å². The Morgan fingerprint density at radius 3 is 1.88 bits per heavy atom. The molecule has 1 amide bonds. The van der Waals surface area contributed by atoms with Crippen molar-refractivity contribution < 1.29 is 31.1 Å². The molecule has 5 rings (SSSR count). The van der Waals surface area contributed by atoms with Gasteiger partial charge in [0.25, 0.3) is 11.6 Å². The van der Waals surface area contributed by atoms with Crippen LogP contribution in [-0.4, -0.2) is 30.5 Å². The SMILES string of the molecule is O=C(NC(NCC12CC3CC(CC(C3)C1)C2)(C(F)(F)F)C(F)(F)F)c1ccc(Cl)cc1Cl. The van der Waals surface area contributed by atoms with Gasteiger partial charge in [0.05, 0.1) is 10.6 Å². The van der Waals surface area contributed by atoms with Crippen LogP contribution in [0.4, 0.5) is 26.3 Å². The molecule has 4 aliphatic rings. The fourth-order valence-electron chi connectivity index (χ4n) is 6.28. The minimum Gasteiger partial charge on any atom is -0.319 e. The maximum absolute atomic E-state index is 14.0. The molecule has 4 aliphatic carbocycles. The molecule has 1 aromatic rings. The molecule has 11 heteroatoms. The van der Waals surface area contributed by atoms with Crippen molar-refractivity contribution in [2.75, 3.05) is 6.54 Å². The van der Waals surface area contributed by atoms with Crippen LogP contribution in [0.1, 0.15) is 48.9 Å². The predicted molar refractivity (Wildman–Crippen MR) is 107 cm³/mol. The number of carbonyl (C=O) groups is 1. The van der Waals surface area contributed by atoms with Crippen LogP contribution in [0.3, 0.4) is 0 Å². The Bertz CT molecular complexity index is 852. The molecule has 4 fully saturated rings. The van der Waals surface area contributed by atoms with Crippen LogP contribution in [0.5, 0.6) is 0 Å². The van der Waals surface area contributed by atoms with Crippen molar-refractivity contribution in [3.05, 3.63) is 33.8 Å². The number of amides is 1. The van der Waals surface area contributed by atoms with Gasteiger partial charge in [-0.3, -0.25) is 10.1 Å². The number of nitrogens with one attached hydrogen (secondary N) is 2. The number of alkyl halides is 6. The number of hydrogen-bond acceptors (Lipinski definition) is 2. The Morgan fingerprint density at radius 1 is 0.938 bits per heavy atom. The number of rotatable bonds is 5. The smallest absolute Gasteiger partial charge is 0.319 e. The number of benzene rings is 1. The summed E-state index contributed by atoms with van der Waals surface area (Å²) in [4.78, 5) is 12.5.